The molecule has 142 valence electrons. The summed E-state index contributed by atoms with van der Waals surface area (Å²) in [6.07, 6.45) is 7.50. The van der Waals surface area contributed by atoms with Crippen molar-refractivity contribution in [2.45, 2.75) is 59.5 Å². The first-order chi connectivity index (χ1) is 12.0. The van der Waals surface area contributed by atoms with Crippen LogP contribution >= 0.6 is 0 Å². The fourth-order valence-electron chi connectivity index (χ4n) is 5.52. The average Bonchev–Trinajstić information content (AvgIpc) is 2.87. The van der Waals surface area contributed by atoms with Crippen LogP contribution in [-0.2, 0) is 9.53 Å². The smallest absolute Gasteiger partial charge is 0.315 e. The van der Waals surface area contributed by atoms with Gasteiger partial charge >= 0.3 is 5.97 Å². The Hall–Kier alpha value is -0.870. The van der Waals surface area contributed by atoms with Gasteiger partial charge in [-0.2, -0.15) is 0 Å². The maximum absolute atomic E-state index is 12.5. The van der Waals surface area contributed by atoms with E-state index >= 15 is 0 Å². The largest absolute Gasteiger partial charge is 0.461 e. The van der Waals surface area contributed by atoms with Crippen molar-refractivity contribution < 1.29 is 19.7 Å². The van der Waals surface area contributed by atoms with Gasteiger partial charge < -0.3 is 15.0 Å². The monoisotopic (exact) mass is 350 g/mol. The molecule has 0 amide bonds. The predicted molar refractivity (Wildman–Crippen MR) is 99.3 cm³/mol. The van der Waals surface area contributed by atoms with Gasteiger partial charge in [-0.25, -0.2) is 0 Å². The minimum atomic E-state index is 0.0492. The first-order valence-corrected chi connectivity index (χ1v) is 10.6. The number of fused-ring (bicyclic) bond motifs is 2. The Morgan fingerprint density at radius 2 is 2.12 bits per heavy atom. The molecule has 3 N–H and O–H groups in total. The number of rotatable bonds is 7. The molecule has 1 aliphatic heterocycles. The van der Waals surface area contributed by atoms with Crippen molar-refractivity contribution in [2.24, 2.45) is 23.2 Å². The lowest BCUT2D eigenvalue weighted by atomic mass is 9.59. The summed E-state index contributed by atoms with van der Waals surface area (Å²) in [6.45, 7) is 14.8. The van der Waals surface area contributed by atoms with Gasteiger partial charge in [-0.15, -0.1) is 0 Å². The second-order valence-corrected chi connectivity index (χ2v) is 8.86. The predicted octanol–water partition coefficient (Wildman–Crippen LogP) is 0.789. The van der Waals surface area contributed by atoms with Crippen LogP contribution in [0.25, 0.3) is 0 Å². The van der Waals surface area contributed by atoms with E-state index < -0.39 is 0 Å². The molecular weight excluding hydrogens is 312 g/mol. The number of quaternary nitrogens is 2. The average molecular weight is 351 g/mol. The lowest BCUT2D eigenvalue weighted by Crippen LogP contribution is -3.14. The molecule has 3 rings (SSSR count). The topological polar surface area (TPSA) is 47.4 Å². The molecule has 2 aliphatic carbocycles. The molecule has 1 saturated heterocycles. The van der Waals surface area contributed by atoms with E-state index in [0.29, 0.717) is 11.8 Å². The number of allylic oxidation sites excluding steroid dienone is 1. The number of carbonyl (C=O) groups excluding carboxylic acids is 1. The van der Waals surface area contributed by atoms with Crippen LogP contribution in [0.4, 0.5) is 0 Å². The fraction of sp³-hybridized carbons (Fsp3) is 0.857. The molecule has 0 unspecified atom stereocenters. The number of ether oxygens (including phenoxy) is 1. The Balaban J connectivity index is 1.63. The van der Waals surface area contributed by atoms with E-state index in [1.54, 1.807) is 10.5 Å². The maximum Gasteiger partial charge on any atom is 0.315 e. The Kier molecular flexibility index (Phi) is 5.89. The van der Waals surface area contributed by atoms with E-state index in [4.69, 9.17) is 4.74 Å². The standard InChI is InChI=1S/C21H36N2O2/c1-5-23(6-2)11-10-22-14-17-16-12-18-15(3)8-7-9-21(18,4)13-19(16)25-20(17)24/h12,15-17,19,22H,5-11,13-14H2,1-4H3/p+2/t15-,16-,17+,19+,21+/m1/s1. The summed E-state index contributed by atoms with van der Waals surface area (Å²) in [5.41, 5.74) is 1.89. The van der Waals surface area contributed by atoms with Crippen molar-refractivity contribution in [1.82, 2.24) is 0 Å². The van der Waals surface area contributed by atoms with Crippen molar-refractivity contribution in [2.75, 3.05) is 32.7 Å². The van der Waals surface area contributed by atoms with Gasteiger partial charge in [0.1, 0.15) is 25.1 Å². The van der Waals surface area contributed by atoms with Gasteiger partial charge in [0.15, 0.2) is 0 Å². The second-order valence-electron chi connectivity index (χ2n) is 8.86. The molecule has 1 saturated carbocycles. The van der Waals surface area contributed by atoms with Crippen LogP contribution < -0.4 is 10.2 Å². The van der Waals surface area contributed by atoms with Gasteiger partial charge in [-0.3, -0.25) is 4.79 Å². The first kappa shape index (κ1) is 18.9. The fourth-order valence-corrected chi connectivity index (χ4v) is 5.52. The summed E-state index contributed by atoms with van der Waals surface area (Å²) < 4.78 is 5.84. The second kappa shape index (κ2) is 7.79. The van der Waals surface area contributed by atoms with Crippen molar-refractivity contribution in [1.29, 1.82) is 0 Å². The zero-order valence-electron chi connectivity index (χ0n) is 16.6. The van der Waals surface area contributed by atoms with E-state index in [0.717, 1.165) is 19.5 Å². The minimum Gasteiger partial charge on any atom is -0.461 e. The van der Waals surface area contributed by atoms with Gasteiger partial charge in [0, 0.05) is 5.92 Å². The van der Waals surface area contributed by atoms with E-state index in [2.05, 4.69) is 39.1 Å². The summed E-state index contributed by atoms with van der Waals surface area (Å²) in [6, 6.07) is 0. The zero-order valence-corrected chi connectivity index (χ0v) is 16.6. The maximum atomic E-state index is 12.5. The summed E-state index contributed by atoms with van der Waals surface area (Å²) in [5.74, 6) is 1.09. The molecule has 4 heteroatoms. The van der Waals surface area contributed by atoms with Gasteiger partial charge in [-0.05, 0) is 44.4 Å². The lowest BCUT2D eigenvalue weighted by Gasteiger charge is -2.45. The highest BCUT2D eigenvalue weighted by Crippen LogP contribution is 2.53. The Labute approximate surface area is 153 Å². The van der Waals surface area contributed by atoms with E-state index in [1.165, 1.54) is 38.9 Å². The normalized spacial score (nSPS) is 37.5. The number of nitrogens with two attached hydrogens (primary N) is 1. The SMILES string of the molecule is CC[NH+](CC)CC[NH2+]C[C@@H]1C(=O)O[C@H]2C[C@]3(C)CCC[C@@H](C)C3=C[C@@H]21. The number of nitrogens with one attached hydrogen (secondary N) is 1. The van der Waals surface area contributed by atoms with Gasteiger partial charge in [0.05, 0.1) is 19.6 Å². The van der Waals surface area contributed by atoms with Crippen molar-refractivity contribution in [3.8, 4) is 0 Å². The molecule has 2 fully saturated rings. The number of carbonyl (C=O) groups is 1. The highest BCUT2D eigenvalue weighted by Gasteiger charge is 2.52. The molecule has 25 heavy (non-hydrogen) atoms. The Bertz CT molecular complexity index is 514. The van der Waals surface area contributed by atoms with Crippen LogP contribution in [-0.4, -0.2) is 44.8 Å². The molecule has 0 spiro atoms. The number of likely N-dealkylation sites (N-methyl/N-ethyl adjacent to an activating group) is 1. The van der Waals surface area contributed by atoms with Crippen molar-refractivity contribution in [3.05, 3.63) is 11.6 Å². The van der Waals surface area contributed by atoms with E-state index in [-0.39, 0.29) is 23.4 Å². The third-order valence-corrected chi connectivity index (χ3v) is 7.20. The van der Waals surface area contributed by atoms with Crippen LogP contribution in [0.15, 0.2) is 11.6 Å². The summed E-state index contributed by atoms with van der Waals surface area (Å²) >= 11 is 0. The quantitative estimate of drug-likeness (QED) is 0.405. The summed E-state index contributed by atoms with van der Waals surface area (Å²) in [4.78, 5) is 14.1. The molecule has 0 aromatic carbocycles. The molecule has 1 heterocycles. The lowest BCUT2D eigenvalue weighted by molar-refractivity contribution is -0.909. The molecule has 0 aromatic heterocycles. The van der Waals surface area contributed by atoms with Crippen molar-refractivity contribution in [3.63, 3.8) is 0 Å². The van der Waals surface area contributed by atoms with Gasteiger partial charge in [-0.1, -0.05) is 31.9 Å². The molecule has 3 aliphatic rings. The Morgan fingerprint density at radius 1 is 1.36 bits per heavy atom. The first-order valence-electron chi connectivity index (χ1n) is 10.6. The molecule has 0 aromatic rings. The number of hydrogen-bond acceptors (Lipinski definition) is 2. The Morgan fingerprint density at radius 3 is 2.84 bits per heavy atom. The van der Waals surface area contributed by atoms with E-state index in [1.807, 2.05) is 0 Å². The van der Waals surface area contributed by atoms with Gasteiger partial charge in [0.2, 0.25) is 0 Å². The van der Waals surface area contributed by atoms with Crippen LogP contribution in [0.3, 0.4) is 0 Å². The molecule has 0 radical (unpaired) electrons. The van der Waals surface area contributed by atoms with E-state index in [9.17, 15) is 4.79 Å². The summed E-state index contributed by atoms with van der Waals surface area (Å²) in [5, 5.41) is 2.34. The molecular formula is C21H38N2O2+2. The van der Waals surface area contributed by atoms with Gasteiger partial charge in [0.25, 0.3) is 0 Å². The van der Waals surface area contributed by atoms with Crippen LogP contribution in [0, 0.1) is 23.2 Å². The third-order valence-electron chi connectivity index (χ3n) is 7.20. The van der Waals surface area contributed by atoms with Crippen LogP contribution in [0.2, 0.25) is 0 Å². The van der Waals surface area contributed by atoms with Crippen molar-refractivity contribution >= 4 is 5.97 Å². The minimum absolute atomic E-state index is 0.0492. The van der Waals surface area contributed by atoms with Crippen LogP contribution in [0.1, 0.15) is 53.4 Å². The molecule has 5 atom stereocenters. The molecule has 0 bridgehead atoms. The highest BCUT2D eigenvalue weighted by molar-refractivity contribution is 5.76. The van der Waals surface area contributed by atoms with Crippen LogP contribution in [0.5, 0.6) is 0 Å². The highest BCUT2D eigenvalue weighted by atomic mass is 16.6. The number of hydrogen-bond donors (Lipinski definition) is 2. The summed E-state index contributed by atoms with van der Waals surface area (Å²) in [7, 11) is 0. The molecule has 4 nitrogen and oxygen atoms in total. The zero-order chi connectivity index (χ0) is 18.0. The third kappa shape index (κ3) is 3.80. The number of esters is 1.